The fraction of sp³-hybridized carbons (Fsp3) is 0.650. The van der Waals surface area contributed by atoms with Crippen LogP contribution < -0.4 is 5.73 Å². The first-order valence-electron chi connectivity index (χ1n) is 9.18. The summed E-state index contributed by atoms with van der Waals surface area (Å²) in [6.07, 6.45) is 7.64. The van der Waals surface area contributed by atoms with Crippen molar-refractivity contribution in [1.82, 2.24) is 4.90 Å². The van der Waals surface area contributed by atoms with Gasteiger partial charge in [-0.3, -0.25) is 4.79 Å². The molecule has 126 valence electrons. The molecule has 2 N–H and O–H groups in total. The van der Waals surface area contributed by atoms with E-state index < -0.39 is 0 Å². The van der Waals surface area contributed by atoms with Gasteiger partial charge in [0, 0.05) is 18.6 Å². The van der Waals surface area contributed by atoms with E-state index in [9.17, 15) is 4.79 Å². The molecule has 1 saturated carbocycles. The lowest BCUT2D eigenvalue weighted by atomic mass is 9.73. The number of carbonyl (C=O) groups is 1. The number of amides is 1. The fourth-order valence-corrected chi connectivity index (χ4v) is 4.29. The molecule has 1 aromatic rings. The van der Waals surface area contributed by atoms with Crippen molar-refractivity contribution in [2.24, 2.45) is 17.6 Å². The first kappa shape index (κ1) is 16.5. The smallest absolute Gasteiger partial charge is 0.227 e. The zero-order valence-electron chi connectivity index (χ0n) is 14.3. The molecule has 2 unspecified atom stereocenters. The normalized spacial score (nSPS) is 29.5. The summed E-state index contributed by atoms with van der Waals surface area (Å²) in [6.45, 7) is 3.88. The number of benzene rings is 1. The van der Waals surface area contributed by atoms with Crippen LogP contribution >= 0.6 is 0 Å². The second-order valence-corrected chi connectivity index (χ2v) is 7.76. The molecule has 0 bridgehead atoms. The molecule has 2 atom stereocenters. The van der Waals surface area contributed by atoms with Gasteiger partial charge in [-0.15, -0.1) is 0 Å². The van der Waals surface area contributed by atoms with Gasteiger partial charge in [-0.2, -0.15) is 0 Å². The Morgan fingerprint density at radius 3 is 2.52 bits per heavy atom. The SMILES string of the molecule is CC1(N)CCCCC1C(=O)N1CCC(Cc2ccccc2)CC1. The first-order valence-corrected chi connectivity index (χ1v) is 9.18. The van der Waals surface area contributed by atoms with Gasteiger partial charge in [0.25, 0.3) is 0 Å². The average Bonchev–Trinajstić information content (AvgIpc) is 2.55. The molecule has 1 saturated heterocycles. The lowest BCUT2D eigenvalue weighted by Gasteiger charge is -2.41. The summed E-state index contributed by atoms with van der Waals surface area (Å²) in [5, 5.41) is 0. The number of hydrogen-bond acceptors (Lipinski definition) is 2. The monoisotopic (exact) mass is 314 g/mol. The molecule has 0 aromatic heterocycles. The van der Waals surface area contributed by atoms with E-state index in [0.29, 0.717) is 11.8 Å². The van der Waals surface area contributed by atoms with E-state index in [1.165, 1.54) is 5.56 Å². The van der Waals surface area contributed by atoms with Crippen LogP contribution in [0.3, 0.4) is 0 Å². The Bertz CT molecular complexity index is 518. The third-order valence-electron chi connectivity index (χ3n) is 5.85. The molecule has 23 heavy (non-hydrogen) atoms. The van der Waals surface area contributed by atoms with E-state index >= 15 is 0 Å². The highest BCUT2D eigenvalue weighted by atomic mass is 16.2. The Balaban J connectivity index is 1.53. The van der Waals surface area contributed by atoms with Crippen molar-refractivity contribution in [3.05, 3.63) is 35.9 Å². The summed E-state index contributed by atoms with van der Waals surface area (Å²) in [7, 11) is 0. The van der Waals surface area contributed by atoms with Crippen LogP contribution in [0.4, 0.5) is 0 Å². The molecular weight excluding hydrogens is 284 g/mol. The third kappa shape index (κ3) is 3.95. The summed E-state index contributed by atoms with van der Waals surface area (Å²) in [4.78, 5) is 15.0. The third-order valence-corrected chi connectivity index (χ3v) is 5.85. The van der Waals surface area contributed by atoms with E-state index in [0.717, 1.165) is 58.0 Å². The lowest BCUT2D eigenvalue weighted by molar-refractivity contribution is -0.140. The minimum absolute atomic E-state index is 0.0296. The predicted octanol–water partition coefficient (Wildman–Crippen LogP) is 3.38. The van der Waals surface area contributed by atoms with E-state index in [-0.39, 0.29) is 11.5 Å². The molecular formula is C20H30N2O. The Hall–Kier alpha value is -1.35. The topological polar surface area (TPSA) is 46.3 Å². The van der Waals surface area contributed by atoms with Crippen molar-refractivity contribution < 1.29 is 4.79 Å². The van der Waals surface area contributed by atoms with E-state index in [1.54, 1.807) is 0 Å². The molecule has 0 spiro atoms. The minimum atomic E-state index is -0.309. The molecule has 0 radical (unpaired) electrons. The number of rotatable bonds is 3. The van der Waals surface area contributed by atoms with Crippen LogP contribution in [-0.2, 0) is 11.2 Å². The standard InChI is InChI=1S/C20H30N2O/c1-20(21)12-6-5-9-18(20)19(23)22-13-10-17(11-14-22)15-16-7-3-2-4-8-16/h2-4,7-8,17-18H,5-6,9-15,21H2,1H3. The largest absolute Gasteiger partial charge is 0.342 e. The van der Waals surface area contributed by atoms with Gasteiger partial charge in [-0.05, 0) is 50.5 Å². The number of likely N-dealkylation sites (tertiary alicyclic amines) is 1. The zero-order chi connectivity index (χ0) is 16.3. The van der Waals surface area contributed by atoms with Crippen molar-refractivity contribution in [3.8, 4) is 0 Å². The second kappa shape index (κ2) is 7.04. The quantitative estimate of drug-likeness (QED) is 0.929. The van der Waals surface area contributed by atoms with Crippen molar-refractivity contribution in [2.75, 3.05) is 13.1 Å². The highest BCUT2D eigenvalue weighted by Gasteiger charge is 2.40. The van der Waals surface area contributed by atoms with Gasteiger partial charge in [0.1, 0.15) is 0 Å². The molecule has 2 aliphatic rings. The van der Waals surface area contributed by atoms with Gasteiger partial charge in [0.2, 0.25) is 5.91 Å². The number of piperidine rings is 1. The second-order valence-electron chi connectivity index (χ2n) is 7.76. The van der Waals surface area contributed by atoms with Crippen molar-refractivity contribution in [1.29, 1.82) is 0 Å². The molecule has 3 heteroatoms. The number of carbonyl (C=O) groups excluding carboxylic acids is 1. The maximum atomic E-state index is 12.9. The molecule has 1 amide bonds. The molecule has 3 nitrogen and oxygen atoms in total. The van der Waals surface area contributed by atoms with Crippen molar-refractivity contribution in [3.63, 3.8) is 0 Å². The molecule has 1 aliphatic heterocycles. The van der Waals surface area contributed by atoms with Gasteiger partial charge in [-0.1, -0.05) is 43.2 Å². The van der Waals surface area contributed by atoms with Crippen LogP contribution in [0.15, 0.2) is 30.3 Å². The molecule has 1 heterocycles. The van der Waals surface area contributed by atoms with Crippen LogP contribution in [0.5, 0.6) is 0 Å². The van der Waals surface area contributed by atoms with Crippen molar-refractivity contribution in [2.45, 2.75) is 57.4 Å². The van der Waals surface area contributed by atoms with Gasteiger partial charge in [0.05, 0.1) is 5.92 Å². The summed E-state index contributed by atoms with van der Waals surface area (Å²) < 4.78 is 0. The lowest BCUT2D eigenvalue weighted by Crippen LogP contribution is -2.54. The van der Waals surface area contributed by atoms with Gasteiger partial charge in [-0.25, -0.2) is 0 Å². The zero-order valence-corrected chi connectivity index (χ0v) is 14.3. The van der Waals surface area contributed by atoms with E-state index in [1.807, 2.05) is 0 Å². The average molecular weight is 314 g/mol. The van der Waals surface area contributed by atoms with Crippen LogP contribution in [0.25, 0.3) is 0 Å². The summed E-state index contributed by atoms with van der Waals surface area (Å²) in [5.74, 6) is 1.05. The first-order chi connectivity index (χ1) is 11.1. The van der Waals surface area contributed by atoms with Crippen LogP contribution in [0.1, 0.15) is 51.0 Å². The fourth-order valence-electron chi connectivity index (χ4n) is 4.29. The summed E-state index contributed by atoms with van der Waals surface area (Å²) in [6, 6.07) is 10.7. The maximum Gasteiger partial charge on any atom is 0.227 e. The highest BCUT2D eigenvalue weighted by molar-refractivity contribution is 5.80. The van der Waals surface area contributed by atoms with E-state index in [2.05, 4.69) is 42.2 Å². The Morgan fingerprint density at radius 1 is 1.17 bits per heavy atom. The Labute approximate surface area is 140 Å². The van der Waals surface area contributed by atoms with Gasteiger partial charge < -0.3 is 10.6 Å². The molecule has 1 aliphatic carbocycles. The number of hydrogen-bond donors (Lipinski definition) is 1. The Morgan fingerprint density at radius 2 is 1.87 bits per heavy atom. The van der Waals surface area contributed by atoms with E-state index in [4.69, 9.17) is 5.73 Å². The number of nitrogens with two attached hydrogens (primary N) is 1. The Kier molecular flexibility index (Phi) is 5.05. The van der Waals surface area contributed by atoms with Gasteiger partial charge >= 0.3 is 0 Å². The summed E-state index contributed by atoms with van der Waals surface area (Å²) in [5.41, 5.74) is 7.52. The van der Waals surface area contributed by atoms with Crippen molar-refractivity contribution >= 4 is 5.91 Å². The molecule has 1 aromatic carbocycles. The minimum Gasteiger partial charge on any atom is -0.342 e. The number of nitrogens with zero attached hydrogens (tertiary/aromatic N) is 1. The van der Waals surface area contributed by atoms with Gasteiger partial charge in [0.15, 0.2) is 0 Å². The maximum absolute atomic E-state index is 12.9. The van der Waals surface area contributed by atoms with Crippen LogP contribution in [0, 0.1) is 11.8 Å². The molecule has 3 rings (SSSR count). The van der Waals surface area contributed by atoms with Crippen LogP contribution in [-0.4, -0.2) is 29.4 Å². The van der Waals surface area contributed by atoms with Crippen LogP contribution in [0.2, 0.25) is 0 Å². The predicted molar refractivity (Wildman–Crippen MR) is 94.0 cm³/mol. The molecule has 2 fully saturated rings. The highest BCUT2D eigenvalue weighted by Crippen LogP contribution is 2.34. The summed E-state index contributed by atoms with van der Waals surface area (Å²) >= 11 is 0.